The van der Waals surface area contributed by atoms with Gasteiger partial charge in [0.25, 0.3) is 0 Å². The summed E-state index contributed by atoms with van der Waals surface area (Å²) in [7, 11) is 1.83. The number of hydrogen-bond donors (Lipinski definition) is 1. The Morgan fingerprint density at radius 1 is 1.09 bits per heavy atom. The summed E-state index contributed by atoms with van der Waals surface area (Å²) in [5.41, 5.74) is 9.05. The Bertz CT molecular complexity index is 601. The number of nitrogens with two attached hydrogens (primary N) is 1. The summed E-state index contributed by atoms with van der Waals surface area (Å²) in [5.74, 6) is -0.0562. The van der Waals surface area contributed by atoms with Gasteiger partial charge in [-0.1, -0.05) is 61.5 Å². The lowest BCUT2D eigenvalue weighted by Crippen LogP contribution is -2.34. The molecular weight excluding hydrogens is 296 g/mol. The topological polar surface area (TPSA) is 46.3 Å². The van der Waals surface area contributed by atoms with E-state index in [-0.39, 0.29) is 24.2 Å². The third-order valence-corrected chi connectivity index (χ3v) is 3.66. The van der Waals surface area contributed by atoms with E-state index < -0.39 is 0 Å². The predicted molar refractivity (Wildman–Crippen MR) is 93.8 cm³/mol. The average molecular weight is 319 g/mol. The number of carbonyl (C=O) groups excluding carboxylic acids is 1. The zero-order valence-corrected chi connectivity index (χ0v) is 13.8. The monoisotopic (exact) mass is 318 g/mol. The number of hydrogen-bond acceptors (Lipinski definition) is 2. The second-order valence-corrected chi connectivity index (χ2v) is 5.35. The Morgan fingerprint density at radius 2 is 1.68 bits per heavy atom. The molecule has 4 heteroatoms. The van der Waals surface area contributed by atoms with Crippen molar-refractivity contribution in [1.29, 1.82) is 0 Å². The van der Waals surface area contributed by atoms with E-state index in [1.165, 1.54) is 5.56 Å². The van der Waals surface area contributed by atoms with Crippen molar-refractivity contribution in [3.63, 3.8) is 0 Å². The van der Waals surface area contributed by atoms with Crippen LogP contribution in [0.4, 0.5) is 0 Å². The van der Waals surface area contributed by atoms with Crippen LogP contribution < -0.4 is 5.73 Å². The smallest absolute Gasteiger partial charge is 0.226 e. The van der Waals surface area contributed by atoms with E-state index in [1.54, 1.807) is 4.90 Å². The van der Waals surface area contributed by atoms with Crippen LogP contribution in [0, 0.1) is 5.92 Å². The van der Waals surface area contributed by atoms with Crippen LogP contribution in [0.1, 0.15) is 12.5 Å². The molecular formula is C18H23ClN2O. The molecule has 22 heavy (non-hydrogen) atoms. The van der Waals surface area contributed by atoms with E-state index in [4.69, 9.17) is 5.73 Å². The van der Waals surface area contributed by atoms with E-state index in [2.05, 4.69) is 24.3 Å². The van der Waals surface area contributed by atoms with Crippen molar-refractivity contribution in [3.05, 3.63) is 60.2 Å². The van der Waals surface area contributed by atoms with Gasteiger partial charge in [0.15, 0.2) is 0 Å². The van der Waals surface area contributed by atoms with Crippen molar-refractivity contribution in [2.75, 3.05) is 13.6 Å². The van der Waals surface area contributed by atoms with Crippen molar-refractivity contribution >= 4 is 18.3 Å². The van der Waals surface area contributed by atoms with Gasteiger partial charge in [0.1, 0.15) is 0 Å². The zero-order chi connectivity index (χ0) is 15.2. The summed E-state index contributed by atoms with van der Waals surface area (Å²) >= 11 is 0. The van der Waals surface area contributed by atoms with Gasteiger partial charge < -0.3 is 10.6 Å². The molecule has 0 aliphatic rings. The van der Waals surface area contributed by atoms with Gasteiger partial charge in [-0.3, -0.25) is 4.79 Å². The molecule has 2 aromatic rings. The number of amides is 1. The largest absolute Gasteiger partial charge is 0.341 e. The fraction of sp³-hybridized carbons (Fsp3) is 0.278. The predicted octanol–water partition coefficient (Wildman–Crippen LogP) is 3.33. The highest BCUT2D eigenvalue weighted by atomic mass is 35.5. The van der Waals surface area contributed by atoms with Crippen LogP contribution in [0.25, 0.3) is 11.1 Å². The molecule has 1 unspecified atom stereocenters. The molecule has 0 bridgehead atoms. The lowest BCUT2D eigenvalue weighted by molar-refractivity contribution is -0.133. The van der Waals surface area contributed by atoms with E-state index >= 15 is 0 Å². The Balaban J connectivity index is 0.00000242. The highest BCUT2D eigenvalue weighted by molar-refractivity contribution is 5.85. The van der Waals surface area contributed by atoms with Crippen LogP contribution in [-0.4, -0.2) is 24.4 Å². The Hall–Kier alpha value is -1.84. The van der Waals surface area contributed by atoms with Gasteiger partial charge in [-0.15, -0.1) is 12.4 Å². The second-order valence-electron chi connectivity index (χ2n) is 5.35. The van der Waals surface area contributed by atoms with E-state index in [1.807, 2.05) is 44.3 Å². The van der Waals surface area contributed by atoms with E-state index in [0.29, 0.717) is 13.1 Å². The fourth-order valence-electron chi connectivity index (χ4n) is 2.37. The molecule has 2 aromatic carbocycles. The Kier molecular flexibility index (Phi) is 7.09. The molecule has 0 heterocycles. The summed E-state index contributed by atoms with van der Waals surface area (Å²) in [6.45, 7) is 2.83. The molecule has 0 aromatic heterocycles. The first-order valence-electron chi connectivity index (χ1n) is 7.22. The molecule has 0 spiro atoms. The molecule has 0 saturated heterocycles. The van der Waals surface area contributed by atoms with Crippen LogP contribution in [0.3, 0.4) is 0 Å². The third kappa shape index (κ3) is 4.33. The van der Waals surface area contributed by atoms with Crippen LogP contribution >= 0.6 is 12.4 Å². The van der Waals surface area contributed by atoms with Gasteiger partial charge in [0.2, 0.25) is 5.91 Å². The first kappa shape index (κ1) is 18.2. The molecule has 2 rings (SSSR count). The minimum absolute atomic E-state index is 0. The maximum atomic E-state index is 12.2. The van der Waals surface area contributed by atoms with E-state index in [0.717, 1.165) is 11.1 Å². The minimum atomic E-state index is -0.140. The normalized spacial score (nSPS) is 11.4. The molecule has 0 saturated carbocycles. The number of halogens is 1. The average Bonchev–Trinajstić information content (AvgIpc) is 2.54. The number of nitrogens with zero attached hydrogens (tertiary/aromatic N) is 1. The lowest BCUT2D eigenvalue weighted by Gasteiger charge is -2.22. The maximum Gasteiger partial charge on any atom is 0.226 e. The van der Waals surface area contributed by atoms with Crippen LogP contribution in [0.2, 0.25) is 0 Å². The van der Waals surface area contributed by atoms with Crippen LogP contribution in [-0.2, 0) is 11.3 Å². The summed E-state index contributed by atoms with van der Waals surface area (Å²) in [6, 6.07) is 18.4. The van der Waals surface area contributed by atoms with Crippen molar-refractivity contribution < 1.29 is 4.79 Å². The number of benzene rings is 2. The van der Waals surface area contributed by atoms with Crippen LogP contribution in [0.15, 0.2) is 54.6 Å². The maximum absolute atomic E-state index is 12.2. The van der Waals surface area contributed by atoms with Gasteiger partial charge in [-0.2, -0.15) is 0 Å². The highest BCUT2D eigenvalue weighted by Gasteiger charge is 2.17. The quantitative estimate of drug-likeness (QED) is 0.919. The van der Waals surface area contributed by atoms with Crippen molar-refractivity contribution in [1.82, 2.24) is 4.90 Å². The van der Waals surface area contributed by atoms with Gasteiger partial charge >= 0.3 is 0 Å². The molecule has 0 aliphatic carbocycles. The number of carbonyl (C=O) groups is 1. The first-order chi connectivity index (χ1) is 10.1. The van der Waals surface area contributed by atoms with Gasteiger partial charge in [0.05, 0.1) is 0 Å². The Morgan fingerprint density at radius 3 is 2.32 bits per heavy atom. The Labute approximate surface area is 138 Å². The zero-order valence-electron chi connectivity index (χ0n) is 13.0. The van der Waals surface area contributed by atoms with E-state index in [9.17, 15) is 4.79 Å². The first-order valence-corrected chi connectivity index (χ1v) is 7.22. The highest BCUT2D eigenvalue weighted by Crippen LogP contribution is 2.24. The summed E-state index contributed by atoms with van der Waals surface area (Å²) in [4.78, 5) is 13.9. The molecule has 1 amide bonds. The molecule has 0 radical (unpaired) electrons. The fourth-order valence-corrected chi connectivity index (χ4v) is 2.37. The molecule has 118 valence electrons. The van der Waals surface area contributed by atoms with Crippen molar-refractivity contribution in [2.45, 2.75) is 13.5 Å². The third-order valence-electron chi connectivity index (χ3n) is 3.66. The lowest BCUT2D eigenvalue weighted by atomic mass is 9.99. The summed E-state index contributed by atoms with van der Waals surface area (Å²) in [6.07, 6.45) is 0. The van der Waals surface area contributed by atoms with Gasteiger partial charge in [-0.05, 0) is 16.7 Å². The van der Waals surface area contributed by atoms with Crippen LogP contribution in [0.5, 0.6) is 0 Å². The van der Waals surface area contributed by atoms with Gasteiger partial charge in [0, 0.05) is 26.1 Å². The molecule has 3 nitrogen and oxygen atoms in total. The molecule has 1 atom stereocenters. The SMILES string of the molecule is CC(CN)C(=O)N(C)Cc1ccccc1-c1ccccc1.Cl. The summed E-state index contributed by atoms with van der Waals surface area (Å²) < 4.78 is 0. The molecule has 0 fully saturated rings. The number of rotatable bonds is 5. The van der Waals surface area contributed by atoms with Crippen molar-refractivity contribution in [3.8, 4) is 11.1 Å². The second kappa shape index (κ2) is 8.57. The minimum Gasteiger partial charge on any atom is -0.341 e. The molecule has 0 aliphatic heterocycles. The standard InChI is InChI=1S/C18H22N2O.ClH/c1-14(12-19)18(21)20(2)13-16-10-6-7-11-17(16)15-8-4-3-5-9-15;/h3-11,14H,12-13,19H2,1-2H3;1H. The molecule has 2 N–H and O–H groups in total. The van der Waals surface area contributed by atoms with Crippen molar-refractivity contribution in [2.24, 2.45) is 11.7 Å². The van der Waals surface area contributed by atoms with Gasteiger partial charge in [-0.25, -0.2) is 0 Å². The summed E-state index contributed by atoms with van der Waals surface area (Å²) in [5, 5.41) is 0.